The fourth-order valence-electron chi connectivity index (χ4n) is 0. The van der Waals surface area contributed by atoms with Gasteiger partial charge in [-0.05, 0) is 0 Å². The summed E-state index contributed by atoms with van der Waals surface area (Å²) in [6.07, 6.45) is 0. The Bertz CT molecular complexity index is 58.4. The Labute approximate surface area is 45.8 Å². The van der Waals surface area contributed by atoms with Crippen LogP contribution in [0.2, 0.25) is 0 Å². The van der Waals surface area contributed by atoms with Crippen LogP contribution in [-0.2, 0) is 11.4 Å². The first-order valence-corrected chi connectivity index (χ1v) is 3.04. The first kappa shape index (κ1) is 7.23. The molecule has 0 fully saturated rings. The van der Waals surface area contributed by atoms with E-state index in [1.54, 1.807) is 0 Å². The average Bonchev–Trinajstić information content (AvgIpc) is 1.31. The molecule has 44 valence electrons. The first-order chi connectivity index (χ1) is 2.94. The monoisotopic (exact) mass is 123 g/mol. The topological polar surface area (TPSA) is 69.3 Å². The molecule has 1 atom stereocenters. The Kier molecular flexibility index (Phi) is 2.07. The molecular weight excluding hydrogens is 114 g/mol. The van der Waals surface area contributed by atoms with Gasteiger partial charge in [-0.25, -0.2) is 0 Å². The summed E-state index contributed by atoms with van der Waals surface area (Å²) in [7, 11) is 0. The van der Waals surface area contributed by atoms with Crippen molar-refractivity contribution in [1.82, 2.24) is 0 Å². The van der Waals surface area contributed by atoms with Crippen molar-refractivity contribution in [3.63, 3.8) is 0 Å². The van der Waals surface area contributed by atoms with Crippen LogP contribution in [0.1, 0.15) is 13.8 Å². The number of rotatable bonds is 1. The van der Waals surface area contributed by atoms with Gasteiger partial charge in [0, 0.05) is 13.8 Å². The first-order valence-electron chi connectivity index (χ1n) is 1.83. The van der Waals surface area contributed by atoms with E-state index in [-0.39, 0.29) is 0 Å². The third kappa shape index (κ3) is 2.87. The lowest BCUT2D eigenvalue weighted by Crippen LogP contribution is -2.37. The predicted octanol–water partition coefficient (Wildman–Crippen LogP) is -0.663. The van der Waals surface area contributed by atoms with E-state index in [4.69, 9.17) is 10.2 Å². The molecule has 0 aliphatic carbocycles. The summed E-state index contributed by atoms with van der Waals surface area (Å²) in [5.41, 5.74) is 0. The van der Waals surface area contributed by atoms with Crippen LogP contribution in [-0.4, -0.2) is 14.6 Å². The molecule has 0 aromatic heterocycles. The van der Waals surface area contributed by atoms with Gasteiger partial charge in [0.1, 0.15) is 0 Å². The molecule has 0 heterocycles. The van der Waals surface area contributed by atoms with Gasteiger partial charge in [0.25, 0.3) is 0 Å². The largest absolute Gasteiger partial charge is 0.596 e. The minimum atomic E-state index is -1.63. The summed E-state index contributed by atoms with van der Waals surface area (Å²) in [4.78, 5) is -1.25. The van der Waals surface area contributed by atoms with Crippen LogP contribution in [0, 0.1) is 0 Å². The molecule has 0 amide bonds. The molecule has 3 N–H and O–H groups in total. The van der Waals surface area contributed by atoms with Gasteiger partial charge >= 0.3 is 0 Å². The van der Waals surface area contributed by atoms with Crippen LogP contribution in [0.5, 0.6) is 0 Å². The Morgan fingerprint density at radius 3 is 1.86 bits per heavy atom. The van der Waals surface area contributed by atoms with Crippen LogP contribution in [0.3, 0.4) is 0 Å². The van der Waals surface area contributed by atoms with E-state index in [1.807, 2.05) is 0 Å². The highest BCUT2D eigenvalue weighted by atomic mass is 32.2. The number of aliphatic hydroxyl groups is 1. The zero-order chi connectivity index (χ0) is 6.08. The third-order valence-corrected chi connectivity index (χ3v) is 1.48. The van der Waals surface area contributed by atoms with Gasteiger partial charge in [0.05, 0.1) is 11.4 Å². The van der Waals surface area contributed by atoms with Crippen LogP contribution in [0.4, 0.5) is 0 Å². The predicted molar refractivity (Wildman–Crippen MR) is 28.6 cm³/mol. The van der Waals surface area contributed by atoms with E-state index in [9.17, 15) is 4.55 Å². The molecule has 0 saturated heterocycles. The molecule has 0 rings (SSSR count). The van der Waals surface area contributed by atoms with E-state index >= 15 is 0 Å². The Morgan fingerprint density at radius 1 is 1.71 bits per heavy atom. The molecule has 1 unspecified atom stereocenters. The molecule has 0 bridgehead atoms. The van der Waals surface area contributed by atoms with Crippen molar-refractivity contribution in [1.29, 1.82) is 0 Å². The molecule has 0 spiro atoms. The number of hydrogen-bond acceptors (Lipinski definition) is 3. The molecule has 0 radical (unpaired) electrons. The third-order valence-electron chi connectivity index (χ3n) is 0.492. The fraction of sp³-hybridized carbons (Fsp3) is 1.00. The molecule has 0 aromatic rings. The fourth-order valence-corrected chi connectivity index (χ4v) is 0. The summed E-state index contributed by atoms with van der Waals surface area (Å²) in [5.74, 6) is 0. The van der Waals surface area contributed by atoms with E-state index in [2.05, 4.69) is 0 Å². The van der Waals surface area contributed by atoms with Crippen LogP contribution in [0.15, 0.2) is 0 Å². The molecule has 0 saturated carbocycles. The van der Waals surface area contributed by atoms with Crippen molar-refractivity contribution in [3.05, 3.63) is 0 Å². The van der Waals surface area contributed by atoms with Crippen molar-refractivity contribution < 1.29 is 9.66 Å². The molecule has 0 aliphatic rings. The quantitative estimate of drug-likeness (QED) is 0.455. The number of hydrogen-bond donors (Lipinski definition) is 2. The lowest BCUT2D eigenvalue weighted by atomic mass is 10.5. The van der Waals surface area contributed by atoms with Crippen LogP contribution in [0.25, 0.3) is 0 Å². The highest BCUT2D eigenvalue weighted by Crippen LogP contribution is 2.05. The summed E-state index contributed by atoms with van der Waals surface area (Å²) < 4.78 is 10.1. The van der Waals surface area contributed by atoms with Gasteiger partial charge in [0.15, 0.2) is 0 Å². The Hall–Kier alpha value is 0.230. The highest BCUT2D eigenvalue weighted by molar-refractivity contribution is 7.90. The standard InChI is InChI=1S/C3H9NO2S/c1-3(2,5)7(4)6/h5H,4H2,1-2H3. The average molecular weight is 123 g/mol. The minimum Gasteiger partial charge on any atom is -0.596 e. The van der Waals surface area contributed by atoms with Gasteiger partial charge in [-0.2, -0.15) is 5.14 Å². The second-order valence-electron chi connectivity index (χ2n) is 1.74. The maximum absolute atomic E-state index is 10.1. The summed E-state index contributed by atoms with van der Waals surface area (Å²) >= 11 is -1.63. The van der Waals surface area contributed by atoms with Crippen molar-refractivity contribution in [3.8, 4) is 0 Å². The van der Waals surface area contributed by atoms with Crippen molar-refractivity contribution >= 4 is 11.4 Å². The van der Waals surface area contributed by atoms with Crippen LogP contribution >= 0.6 is 0 Å². The highest BCUT2D eigenvalue weighted by Gasteiger charge is 2.24. The molecule has 0 aliphatic heterocycles. The zero-order valence-electron chi connectivity index (χ0n) is 4.34. The Balaban J connectivity index is 3.54. The maximum atomic E-state index is 10.1. The SMILES string of the molecule is CC(C)(O)[S+](N)[O-]. The van der Waals surface area contributed by atoms with E-state index < -0.39 is 16.3 Å². The van der Waals surface area contributed by atoms with Gasteiger partial charge in [0.2, 0.25) is 4.93 Å². The van der Waals surface area contributed by atoms with Gasteiger partial charge < -0.3 is 9.66 Å². The minimum absolute atomic E-state index is 1.25. The van der Waals surface area contributed by atoms with E-state index in [0.717, 1.165) is 0 Å². The normalized spacial score (nSPS) is 16.7. The zero-order valence-corrected chi connectivity index (χ0v) is 5.16. The Morgan fingerprint density at radius 2 is 1.86 bits per heavy atom. The molecule has 4 heteroatoms. The second kappa shape index (κ2) is 2.00. The van der Waals surface area contributed by atoms with Crippen molar-refractivity contribution in [2.75, 3.05) is 0 Å². The van der Waals surface area contributed by atoms with Crippen molar-refractivity contribution in [2.24, 2.45) is 5.14 Å². The smallest absolute Gasteiger partial charge is 0.236 e. The van der Waals surface area contributed by atoms with Gasteiger partial charge in [-0.1, -0.05) is 0 Å². The lowest BCUT2D eigenvalue weighted by Gasteiger charge is -2.16. The van der Waals surface area contributed by atoms with Gasteiger partial charge in [-0.15, -0.1) is 0 Å². The summed E-state index contributed by atoms with van der Waals surface area (Å²) in [5, 5.41) is 13.5. The van der Waals surface area contributed by atoms with E-state index in [0.29, 0.717) is 0 Å². The molecule has 0 aromatic carbocycles. The lowest BCUT2D eigenvalue weighted by molar-refractivity contribution is 0.165. The molecule has 3 nitrogen and oxygen atoms in total. The molecular formula is C3H9NO2S. The van der Waals surface area contributed by atoms with Crippen molar-refractivity contribution in [2.45, 2.75) is 18.8 Å². The molecule has 7 heavy (non-hydrogen) atoms. The van der Waals surface area contributed by atoms with Crippen LogP contribution < -0.4 is 5.14 Å². The van der Waals surface area contributed by atoms with Gasteiger partial charge in [-0.3, -0.25) is 0 Å². The summed E-state index contributed by atoms with van der Waals surface area (Å²) in [6.45, 7) is 2.78. The second-order valence-corrected chi connectivity index (χ2v) is 3.34. The maximum Gasteiger partial charge on any atom is 0.236 e. The number of nitrogens with two attached hydrogens (primary N) is 1. The summed E-state index contributed by atoms with van der Waals surface area (Å²) in [6, 6.07) is 0. The van der Waals surface area contributed by atoms with E-state index in [1.165, 1.54) is 13.8 Å².